The Morgan fingerprint density at radius 2 is 1.70 bits per heavy atom. The van der Waals surface area contributed by atoms with Crippen molar-refractivity contribution in [2.24, 2.45) is 0 Å². The van der Waals surface area contributed by atoms with Crippen LogP contribution in [-0.2, 0) is 0 Å². The van der Waals surface area contributed by atoms with Gasteiger partial charge in [-0.15, -0.1) is 0 Å². The Morgan fingerprint density at radius 1 is 1.04 bits per heavy atom. The molecule has 3 aromatic rings. The number of benzene rings is 2. The quantitative estimate of drug-likeness (QED) is 0.619. The van der Waals surface area contributed by atoms with E-state index in [0.29, 0.717) is 22.7 Å². The predicted octanol–water partition coefficient (Wildman–Crippen LogP) is 5.25. The SMILES string of the molecule is COc1ccc(-c2c(C(F)F)c(Br)nn2-c2ccccc2)cc1. The summed E-state index contributed by atoms with van der Waals surface area (Å²) in [6.07, 6.45) is -2.64. The third kappa shape index (κ3) is 2.99. The van der Waals surface area contributed by atoms with Crippen LogP contribution in [-0.4, -0.2) is 16.9 Å². The highest BCUT2D eigenvalue weighted by molar-refractivity contribution is 9.10. The molecule has 0 aliphatic heterocycles. The molecule has 0 bridgehead atoms. The van der Waals surface area contributed by atoms with Gasteiger partial charge >= 0.3 is 0 Å². The van der Waals surface area contributed by atoms with Crippen LogP contribution in [0.3, 0.4) is 0 Å². The number of rotatable bonds is 4. The minimum Gasteiger partial charge on any atom is -0.497 e. The van der Waals surface area contributed by atoms with Crippen molar-refractivity contribution >= 4 is 15.9 Å². The lowest BCUT2D eigenvalue weighted by Gasteiger charge is -2.10. The summed E-state index contributed by atoms with van der Waals surface area (Å²) in [6.45, 7) is 0. The van der Waals surface area contributed by atoms with Crippen molar-refractivity contribution in [1.82, 2.24) is 9.78 Å². The molecule has 0 spiro atoms. The molecule has 118 valence electrons. The first-order valence-corrected chi connectivity index (χ1v) is 7.67. The lowest BCUT2D eigenvalue weighted by atomic mass is 10.1. The zero-order chi connectivity index (χ0) is 16.4. The Hall–Kier alpha value is -2.21. The summed E-state index contributed by atoms with van der Waals surface area (Å²) in [7, 11) is 1.56. The molecule has 0 amide bonds. The normalized spacial score (nSPS) is 11.0. The van der Waals surface area contributed by atoms with Gasteiger partial charge in [-0.05, 0) is 52.3 Å². The molecule has 6 heteroatoms. The first-order valence-electron chi connectivity index (χ1n) is 6.88. The zero-order valence-electron chi connectivity index (χ0n) is 12.2. The van der Waals surface area contributed by atoms with E-state index in [2.05, 4.69) is 21.0 Å². The van der Waals surface area contributed by atoms with Crippen LogP contribution < -0.4 is 4.74 Å². The van der Waals surface area contributed by atoms with Crippen LogP contribution >= 0.6 is 15.9 Å². The maximum Gasteiger partial charge on any atom is 0.268 e. The molecule has 0 unspecified atom stereocenters. The third-order valence-corrected chi connectivity index (χ3v) is 4.05. The summed E-state index contributed by atoms with van der Waals surface area (Å²) in [6, 6.07) is 16.1. The number of hydrogen-bond acceptors (Lipinski definition) is 2. The number of nitrogens with zero attached hydrogens (tertiary/aromatic N) is 2. The zero-order valence-corrected chi connectivity index (χ0v) is 13.8. The molecule has 0 saturated heterocycles. The Balaban J connectivity index is 2.23. The van der Waals surface area contributed by atoms with E-state index in [4.69, 9.17) is 4.74 Å². The molecule has 0 aliphatic carbocycles. The summed E-state index contributed by atoms with van der Waals surface area (Å²) in [5.74, 6) is 0.664. The van der Waals surface area contributed by atoms with E-state index < -0.39 is 6.43 Å². The van der Waals surface area contributed by atoms with Crippen molar-refractivity contribution in [3.8, 4) is 22.7 Å². The number of ether oxygens (including phenoxy) is 1. The molecule has 0 saturated carbocycles. The highest BCUT2D eigenvalue weighted by atomic mass is 79.9. The average molecular weight is 379 g/mol. The van der Waals surface area contributed by atoms with Crippen molar-refractivity contribution in [3.63, 3.8) is 0 Å². The molecule has 3 rings (SSSR count). The maximum absolute atomic E-state index is 13.5. The first-order chi connectivity index (χ1) is 11.1. The third-order valence-electron chi connectivity index (χ3n) is 3.46. The van der Waals surface area contributed by atoms with Gasteiger partial charge in [0, 0.05) is 5.56 Å². The number of hydrogen-bond donors (Lipinski definition) is 0. The van der Waals surface area contributed by atoms with Gasteiger partial charge in [0.2, 0.25) is 0 Å². The molecule has 23 heavy (non-hydrogen) atoms. The molecule has 0 N–H and O–H groups in total. The van der Waals surface area contributed by atoms with E-state index in [-0.39, 0.29) is 10.2 Å². The molecule has 2 aromatic carbocycles. The van der Waals surface area contributed by atoms with Gasteiger partial charge in [0.15, 0.2) is 0 Å². The topological polar surface area (TPSA) is 27.1 Å². The highest BCUT2D eigenvalue weighted by Crippen LogP contribution is 2.38. The van der Waals surface area contributed by atoms with Gasteiger partial charge < -0.3 is 4.74 Å². The number of halogens is 3. The van der Waals surface area contributed by atoms with Gasteiger partial charge in [0.05, 0.1) is 24.1 Å². The first kappa shape index (κ1) is 15.7. The number of aromatic nitrogens is 2. The second kappa shape index (κ2) is 6.50. The number of alkyl halides is 2. The molecule has 3 nitrogen and oxygen atoms in total. The Kier molecular flexibility index (Phi) is 4.43. The van der Waals surface area contributed by atoms with Crippen LogP contribution in [0.15, 0.2) is 59.2 Å². The van der Waals surface area contributed by atoms with Crippen LogP contribution in [0.4, 0.5) is 8.78 Å². The molecule has 0 atom stereocenters. The van der Waals surface area contributed by atoms with E-state index in [1.54, 1.807) is 31.4 Å². The van der Waals surface area contributed by atoms with Crippen LogP contribution in [0.25, 0.3) is 16.9 Å². The van der Waals surface area contributed by atoms with Gasteiger partial charge in [-0.3, -0.25) is 0 Å². The second-order valence-corrected chi connectivity index (χ2v) is 5.58. The van der Waals surface area contributed by atoms with E-state index in [1.807, 2.05) is 30.3 Å². The minimum absolute atomic E-state index is 0.126. The summed E-state index contributed by atoms with van der Waals surface area (Å²) in [4.78, 5) is 0. The van der Waals surface area contributed by atoms with E-state index in [9.17, 15) is 8.78 Å². The standard InChI is InChI=1S/C17H13BrF2N2O/c1-23-13-9-7-11(8-10-13)15-14(17(19)20)16(18)21-22(15)12-5-3-2-4-6-12/h2-10,17H,1H3. The molecular formula is C17H13BrF2N2O. The number of para-hydroxylation sites is 1. The fraction of sp³-hybridized carbons (Fsp3) is 0.118. The molecule has 0 radical (unpaired) electrons. The van der Waals surface area contributed by atoms with Crippen molar-refractivity contribution in [2.45, 2.75) is 6.43 Å². The Morgan fingerprint density at radius 3 is 2.26 bits per heavy atom. The van der Waals surface area contributed by atoms with Crippen molar-refractivity contribution in [3.05, 3.63) is 64.8 Å². The van der Waals surface area contributed by atoms with Gasteiger partial charge in [-0.2, -0.15) is 5.10 Å². The lowest BCUT2D eigenvalue weighted by Crippen LogP contribution is -2.00. The summed E-state index contributed by atoms with van der Waals surface area (Å²) in [5, 5.41) is 4.24. The lowest BCUT2D eigenvalue weighted by molar-refractivity contribution is 0.151. The van der Waals surface area contributed by atoms with Crippen molar-refractivity contribution in [2.75, 3.05) is 7.11 Å². The van der Waals surface area contributed by atoms with Gasteiger partial charge in [-0.1, -0.05) is 18.2 Å². The molecule has 1 aromatic heterocycles. The Labute approximate surface area is 140 Å². The van der Waals surface area contributed by atoms with Crippen LogP contribution in [0, 0.1) is 0 Å². The molecule has 1 heterocycles. The molecule has 0 fully saturated rings. The van der Waals surface area contributed by atoms with Crippen LogP contribution in [0.5, 0.6) is 5.75 Å². The predicted molar refractivity (Wildman–Crippen MR) is 88.2 cm³/mol. The molecule has 0 aliphatic rings. The highest BCUT2D eigenvalue weighted by Gasteiger charge is 2.25. The van der Waals surface area contributed by atoms with Crippen molar-refractivity contribution < 1.29 is 13.5 Å². The maximum atomic E-state index is 13.5. The van der Waals surface area contributed by atoms with Crippen LogP contribution in [0.1, 0.15) is 12.0 Å². The van der Waals surface area contributed by atoms with E-state index in [0.717, 1.165) is 0 Å². The van der Waals surface area contributed by atoms with Gasteiger partial charge in [0.1, 0.15) is 10.4 Å². The van der Waals surface area contributed by atoms with Gasteiger partial charge in [-0.25, -0.2) is 13.5 Å². The average Bonchev–Trinajstić information content (AvgIpc) is 2.93. The molecular weight excluding hydrogens is 366 g/mol. The second-order valence-electron chi connectivity index (χ2n) is 4.83. The van der Waals surface area contributed by atoms with E-state index >= 15 is 0 Å². The minimum atomic E-state index is -2.64. The smallest absolute Gasteiger partial charge is 0.268 e. The largest absolute Gasteiger partial charge is 0.497 e. The summed E-state index contributed by atoms with van der Waals surface area (Å²) < 4.78 is 33.9. The fourth-order valence-corrected chi connectivity index (χ4v) is 2.90. The van der Waals surface area contributed by atoms with E-state index in [1.165, 1.54) is 4.68 Å². The summed E-state index contributed by atoms with van der Waals surface area (Å²) >= 11 is 3.15. The van der Waals surface area contributed by atoms with Crippen molar-refractivity contribution in [1.29, 1.82) is 0 Å². The van der Waals surface area contributed by atoms with Crippen LogP contribution in [0.2, 0.25) is 0 Å². The monoisotopic (exact) mass is 378 g/mol. The fourth-order valence-electron chi connectivity index (χ4n) is 2.38. The summed E-state index contributed by atoms with van der Waals surface area (Å²) in [5.41, 5.74) is 1.59. The number of methoxy groups -OCH3 is 1. The Bertz CT molecular complexity index is 801. The van der Waals surface area contributed by atoms with Gasteiger partial charge in [0.25, 0.3) is 6.43 Å².